The minimum Gasteiger partial charge on any atom is -0.350 e. The fraction of sp³-hybridized carbons (Fsp3) is 0.111. The van der Waals surface area contributed by atoms with Crippen LogP contribution in [0.3, 0.4) is 0 Å². The number of hydrogen-bond donors (Lipinski definition) is 1. The number of benzene rings is 2. The molecule has 1 aromatic heterocycles. The molecule has 3 aromatic rings. The Balaban J connectivity index is 1.64. The summed E-state index contributed by atoms with van der Waals surface area (Å²) >= 11 is 0. The van der Waals surface area contributed by atoms with E-state index in [9.17, 15) is 9.18 Å². The number of nitrogens with zero attached hydrogens (tertiary/aromatic N) is 2. The van der Waals surface area contributed by atoms with Crippen LogP contribution in [-0.2, 0) is 6.42 Å². The monoisotopic (exact) mass is 309 g/mol. The zero-order chi connectivity index (χ0) is 16.1. The van der Waals surface area contributed by atoms with Gasteiger partial charge >= 0.3 is 0 Å². The van der Waals surface area contributed by atoms with E-state index in [1.54, 1.807) is 17.0 Å². The number of aromatic nitrogens is 2. The van der Waals surface area contributed by atoms with Gasteiger partial charge in [-0.1, -0.05) is 30.3 Å². The normalized spacial score (nSPS) is 10.5. The minimum atomic E-state index is -0.268. The number of para-hydroxylation sites is 1. The summed E-state index contributed by atoms with van der Waals surface area (Å²) < 4.78 is 14.9. The lowest BCUT2D eigenvalue weighted by Crippen LogP contribution is -2.27. The van der Waals surface area contributed by atoms with Crippen LogP contribution in [0.2, 0.25) is 0 Å². The highest BCUT2D eigenvalue weighted by Crippen LogP contribution is 2.10. The number of nitrogens with one attached hydrogen (secondary N) is 1. The van der Waals surface area contributed by atoms with Gasteiger partial charge in [-0.25, -0.2) is 9.37 Å². The Morgan fingerprint density at radius 2 is 1.96 bits per heavy atom. The van der Waals surface area contributed by atoms with Crippen molar-refractivity contribution in [1.29, 1.82) is 0 Å². The highest BCUT2D eigenvalue weighted by atomic mass is 19.1. The molecule has 0 spiro atoms. The molecule has 0 radical (unpaired) electrons. The van der Waals surface area contributed by atoms with E-state index in [-0.39, 0.29) is 11.7 Å². The van der Waals surface area contributed by atoms with Gasteiger partial charge in [-0.15, -0.1) is 0 Å². The maximum Gasteiger partial charge on any atom is 0.269 e. The van der Waals surface area contributed by atoms with E-state index < -0.39 is 0 Å². The van der Waals surface area contributed by atoms with E-state index in [0.717, 1.165) is 11.3 Å². The molecular formula is C18H16FN3O. The molecule has 2 aromatic carbocycles. The average Bonchev–Trinajstić information content (AvgIpc) is 3.05. The first-order valence-electron chi connectivity index (χ1n) is 7.34. The van der Waals surface area contributed by atoms with E-state index in [4.69, 9.17) is 0 Å². The van der Waals surface area contributed by atoms with Gasteiger partial charge in [0.2, 0.25) is 0 Å². The second-order valence-electron chi connectivity index (χ2n) is 5.12. The van der Waals surface area contributed by atoms with Gasteiger partial charge in [-0.2, -0.15) is 0 Å². The molecule has 1 heterocycles. The smallest absolute Gasteiger partial charge is 0.269 e. The topological polar surface area (TPSA) is 46.9 Å². The van der Waals surface area contributed by atoms with Gasteiger partial charge in [-0.3, -0.25) is 9.36 Å². The number of rotatable bonds is 5. The van der Waals surface area contributed by atoms with Gasteiger partial charge in [0.1, 0.15) is 11.5 Å². The van der Waals surface area contributed by atoms with Crippen LogP contribution in [0.1, 0.15) is 16.1 Å². The zero-order valence-corrected chi connectivity index (χ0v) is 12.4. The van der Waals surface area contributed by atoms with Gasteiger partial charge in [0.25, 0.3) is 5.91 Å². The van der Waals surface area contributed by atoms with Crippen LogP contribution < -0.4 is 5.32 Å². The maximum absolute atomic E-state index is 13.1. The fourth-order valence-electron chi connectivity index (χ4n) is 2.36. The summed E-state index contributed by atoms with van der Waals surface area (Å²) in [5.41, 5.74) is 2.19. The third-order valence-corrected chi connectivity index (χ3v) is 3.49. The summed E-state index contributed by atoms with van der Waals surface area (Å²) in [6.07, 6.45) is 3.71. The van der Waals surface area contributed by atoms with E-state index in [1.807, 2.05) is 36.4 Å². The molecule has 23 heavy (non-hydrogen) atoms. The Morgan fingerprint density at radius 3 is 2.74 bits per heavy atom. The second kappa shape index (κ2) is 6.87. The van der Waals surface area contributed by atoms with E-state index in [2.05, 4.69) is 10.3 Å². The van der Waals surface area contributed by atoms with E-state index >= 15 is 0 Å². The summed E-state index contributed by atoms with van der Waals surface area (Å²) in [5.74, 6) is -0.473. The van der Waals surface area contributed by atoms with Gasteiger partial charge < -0.3 is 5.32 Å². The molecule has 1 amide bonds. The van der Waals surface area contributed by atoms with E-state index in [1.165, 1.54) is 18.3 Å². The van der Waals surface area contributed by atoms with Crippen LogP contribution in [0.5, 0.6) is 0 Å². The van der Waals surface area contributed by atoms with Crippen molar-refractivity contribution in [3.63, 3.8) is 0 Å². The molecule has 0 bridgehead atoms. The molecule has 116 valence electrons. The molecule has 0 fully saturated rings. The molecular weight excluding hydrogens is 293 g/mol. The second-order valence-corrected chi connectivity index (χ2v) is 5.12. The fourth-order valence-corrected chi connectivity index (χ4v) is 2.36. The summed E-state index contributed by atoms with van der Waals surface area (Å²) in [6, 6.07) is 15.9. The lowest BCUT2D eigenvalue weighted by Gasteiger charge is -2.09. The first-order chi connectivity index (χ1) is 11.2. The predicted octanol–water partition coefficient (Wildman–Crippen LogP) is 2.98. The number of halogens is 1. The van der Waals surface area contributed by atoms with Crippen molar-refractivity contribution in [1.82, 2.24) is 14.9 Å². The number of carbonyl (C=O) groups excluding carboxylic acids is 1. The van der Waals surface area contributed by atoms with Crippen molar-refractivity contribution in [2.45, 2.75) is 6.42 Å². The van der Waals surface area contributed by atoms with Crippen LogP contribution in [0, 0.1) is 5.82 Å². The van der Waals surface area contributed by atoms with Crippen molar-refractivity contribution in [3.05, 3.63) is 84.2 Å². The summed E-state index contributed by atoms with van der Waals surface area (Å²) in [7, 11) is 0. The first-order valence-corrected chi connectivity index (χ1v) is 7.34. The first kappa shape index (κ1) is 15.0. The average molecular weight is 309 g/mol. The van der Waals surface area contributed by atoms with Crippen molar-refractivity contribution in [3.8, 4) is 5.69 Å². The highest BCUT2D eigenvalue weighted by molar-refractivity contribution is 5.93. The van der Waals surface area contributed by atoms with Crippen LogP contribution in [0.4, 0.5) is 4.39 Å². The van der Waals surface area contributed by atoms with Crippen molar-refractivity contribution in [2.75, 3.05) is 6.54 Å². The van der Waals surface area contributed by atoms with E-state index in [0.29, 0.717) is 18.7 Å². The largest absolute Gasteiger partial charge is 0.350 e. The summed E-state index contributed by atoms with van der Waals surface area (Å²) in [4.78, 5) is 16.4. The lowest BCUT2D eigenvalue weighted by atomic mass is 10.1. The number of amides is 1. The Kier molecular flexibility index (Phi) is 4.47. The standard InChI is InChI=1S/C18H16FN3O/c19-15-6-4-5-14(11-15)9-10-21-18(23)17-12-20-13-22(17)16-7-2-1-3-8-16/h1-8,11-13H,9-10H2,(H,21,23). The summed E-state index contributed by atoms with van der Waals surface area (Å²) in [6.45, 7) is 0.433. The summed E-state index contributed by atoms with van der Waals surface area (Å²) in [5, 5.41) is 2.84. The van der Waals surface area contributed by atoms with Gasteiger partial charge in [0, 0.05) is 12.2 Å². The molecule has 5 heteroatoms. The molecule has 1 N–H and O–H groups in total. The Hall–Kier alpha value is -2.95. The Morgan fingerprint density at radius 1 is 1.13 bits per heavy atom. The molecule has 0 saturated heterocycles. The third kappa shape index (κ3) is 3.63. The number of imidazole rings is 1. The molecule has 0 saturated carbocycles. The molecule has 0 aliphatic rings. The molecule has 3 rings (SSSR count). The van der Waals surface area contributed by atoms with Crippen LogP contribution in [0.15, 0.2) is 67.1 Å². The minimum absolute atomic E-state index is 0.206. The molecule has 4 nitrogen and oxygen atoms in total. The lowest BCUT2D eigenvalue weighted by molar-refractivity contribution is 0.0947. The number of hydrogen-bond acceptors (Lipinski definition) is 2. The maximum atomic E-state index is 13.1. The molecule has 0 atom stereocenters. The van der Waals surface area contributed by atoms with Crippen molar-refractivity contribution in [2.24, 2.45) is 0 Å². The van der Waals surface area contributed by atoms with Crippen LogP contribution >= 0.6 is 0 Å². The Bertz CT molecular complexity index is 799. The third-order valence-electron chi connectivity index (χ3n) is 3.49. The number of carbonyl (C=O) groups is 1. The van der Waals surface area contributed by atoms with Crippen molar-refractivity contribution < 1.29 is 9.18 Å². The van der Waals surface area contributed by atoms with Gasteiger partial charge in [0.15, 0.2) is 0 Å². The molecule has 0 aliphatic carbocycles. The quantitative estimate of drug-likeness (QED) is 0.787. The van der Waals surface area contributed by atoms with Crippen molar-refractivity contribution >= 4 is 5.91 Å². The predicted molar refractivity (Wildman–Crippen MR) is 86.0 cm³/mol. The SMILES string of the molecule is O=C(NCCc1cccc(F)c1)c1cncn1-c1ccccc1. The van der Waals surface area contributed by atoms with Gasteiger partial charge in [-0.05, 0) is 36.2 Å². The van der Waals surface area contributed by atoms with Crippen LogP contribution in [-0.4, -0.2) is 22.0 Å². The Labute approximate surface area is 133 Å². The molecule has 0 aliphatic heterocycles. The van der Waals surface area contributed by atoms with Gasteiger partial charge in [0.05, 0.1) is 12.5 Å². The highest BCUT2D eigenvalue weighted by Gasteiger charge is 2.12. The van der Waals surface area contributed by atoms with Crippen LogP contribution in [0.25, 0.3) is 5.69 Å². The molecule has 0 unspecified atom stereocenters. The zero-order valence-electron chi connectivity index (χ0n) is 12.4.